The van der Waals surface area contributed by atoms with E-state index in [0.29, 0.717) is 0 Å². The molecule has 0 atom stereocenters. The van der Waals surface area contributed by atoms with E-state index >= 15 is 0 Å². The maximum Gasteiger partial charge on any atom is 0.537 e. The van der Waals surface area contributed by atoms with Crippen LogP contribution < -0.4 is 0 Å². The third-order valence-corrected chi connectivity index (χ3v) is 0.156. The van der Waals surface area contributed by atoms with Crippen LogP contribution in [0.4, 0.5) is 9.59 Å². The summed E-state index contributed by atoms with van der Waals surface area (Å²) in [4.78, 5) is 23.1. The molecule has 0 aliphatic heterocycles. The zero-order valence-corrected chi connectivity index (χ0v) is 6.48. The molecule has 0 aliphatic carbocycles. The molecule has 0 unspecified atom stereocenters. The average Bonchev–Trinajstić information content (AvgIpc) is 1.89. The Kier molecular flexibility index (Phi) is 18.0. The third-order valence-electron chi connectivity index (χ3n) is 0.156. The van der Waals surface area contributed by atoms with E-state index in [1.807, 2.05) is 0 Å². The van der Waals surface area contributed by atoms with Crippen LogP contribution in [0, 0.1) is 0 Å². The van der Waals surface area contributed by atoms with Crippen molar-refractivity contribution in [3.63, 3.8) is 0 Å². The molecule has 0 bridgehead atoms. The van der Waals surface area contributed by atoms with Gasteiger partial charge in [0.2, 0.25) is 0 Å². The van der Waals surface area contributed by atoms with E-state index in [1.54, 1.807) is 0 Å². The molecule has 0 rings (SSSR count). The summed E-state index contributed by atoms with van der Waals surface area (Å²) in [6, 6.07) is 0. The third kappa shape index (κ3) is 46.9. The van der Waals surface area contributed by atoms with Crippen molar-refractivity contribution >= 4 is 12.3 Å². The summed E-state index contributed by atoms with van der Waals surface area (Å²) in [5.74, 6) is 0. The summed E-state index contributed by atoms with van der Waals surface area (Å²) in [6.45, 7) is 0. The smallest absolute Gasteiger partial charge is 0.448 e. The second kappa shape index (κ2) is 11.9. The second-order valence-electron chi connectivity index (χ2n) is 0.714. The van der Waals surface area contributed by atoms with Gasteiger partial charge in [-0.15, -0.1) is 0 Å². The van der Waals surface area contributed by atoms with E-state index in [-0.39, 0.29) is 21.7 Å². The predicted molar refractivity (Wildman–Crippen MR) is 23.5 cm³/mol. The number of carbonyl (C=O) groups is 2. The molecule has 0 saturated heterocycles. The Labute approximate surface area is 74.7 Å². The average molecular weight is 204 g/mol. The Balaban J connectivity index is -0.000000107. The fourth-order valence-electron chi connectivity index (χ4n) is 0. The first-order chi connectivity index (χ1) is 4.54. The van der Waals surface area contributed by atoms with E-state index in [0.717, 1.165) is 0 Å². The van der Waals surface area contributed by atoms with E-state index in [9.17, 15) is 0 Å². The first kappa shape index (κ1) is 16.6. The van der Waals surface area contributed by atoms with Crippen LogP contribution in [0.25, 0.3) is 0 Å². The van der Waals surface area contributed by atoms with Crippen molar-refractivity contribution in [3.05, 3.63) is 0 Å². The molecule has 11 heavy (non-hydrogen) atoms. The summed E-state index contributed by atoms with van der Waals surface area (Å²) >= 11 is 0. The van der Waals surface area contributed by atoms with Gasteiger partial charge in [-0.25, -0.2) is 9.59 Å². The topological polar surface area (TPSA) is 134 Å². The molecule has 9 heteroatoms. The number of hydrogen-bond donors (Lipinski definition) is 4. The van der Waals surface area contributed by atoms with Crippen LogP contribution in [-0.4, -0.2) is 33.0 Å². The molecule has 0 fully saturated rings. The Morgan fingerprint density at radius 3 is 1.00 bits per heavy atom. The first-order valence-corrected chi connectivity index (χ1v) is 1.63. The monoisotopic (exact) mass is 204 g/mol. The largest absolute Gasteiger partial charge is 0.537 e. The van der Waals surface area contributed by atoms with Crippen molar-refractivity contribution in [2.24, 2.45) is 0 Å². The Morgan fingerprint density at radius 2 is 1.00 bits per heavy atom. The van der Waals surface area contributed by atoms with E-state index in [4.69, 9.17) is 30.3 Å². The fraction of sp³-hybridized carbons (Fsp3) is 0. The molecule has 8 nitrogen and oxygen atoms in total. The van der Waals surface area contributed by atoms with Crippen LogP contribution >= 0.6 is 0 Å². The summed E-state index contributed by atoms with van der Waals surface area (Å²) in [7, 11) is 0. The van der Waals surface area contributed by atoms with Crippen LogP contribution in [0.3, 0.4) is 0 Å². The van der Waals surface area contributed by atoms with E-state index in [2.05, 4.69) is 9.78 Å². The number of rotatable bonds is 0. The molecule has 64 valence electrons. The standard InChI is InChI=1S/2CH2O4.Ti/c2*2-1(3)5-4;/h2*4H,(H,2,3);. The quantitative estimate of drug-likeness (QED) is 0.251. The van der Waals surface area contributed by atoms with Gasteiger partial charge in [0.15, 0.2) is 0 Å². The van der Waals surface area contributed by atoms with E-state index < -0.39 is 12.3 Å². The molecule has 0 spiro atoms. The van der Waals surface area contributed by atoms with Gasteiger partial charge in [-0.1, -0.05) is 0 Å². The molecule has 4 N–H and O–H groups in total. The maximum absolute atomic E-state index is 8.90. The van der Waals surface area contributed by atoms with Crippen molar-refractivity contribution in [3.8, 4) is 0 Å². The van der Waals surface area contributed by atoms with E-state index in [1.165, 1.54) is 0 Å². The summed E-state index contributed by atoms with van der Waals surface area (Å²) in [5, 5.41) is 28.6. The molecule has 0 aromatic heterocycles. The van der Waals surface area contributed by atoms with Crippen molar-refractivity contribution in [2.45, 2.75) is 0 Å². The second-order valence-corrected chi connectivity index (χ2v) is 0.714. The Morgan fingerprint density at radius 1 is 0.909 bits per heavy atom. The molecule has 0 amide bonds. The van der Waals surface area contributed by atoms with Gasteiger partial charge in [0.25, 0.3) is 0 Å². The summed E-state index contributed by atoms with van der Waals surface area (Å²) < 4.78 is 0. The van der Waals surface area contributed by atoms with Crippen LogP contribution in [0.5, 0.6) is 0 Å². The van der Waals surface area contributed by atoms with Gasteiger partial charge in [-0.05, 0) is 0 Å². The molecule has 0 aromatic carbocycles. The maximum atomic E-state index is 8.90. The van der Waals surface area contributed by atoms with Crippen molar-refractivity contribution in [1.82, 2.24) is 0 Å². The SMILES string of the molecule is O=C(O)OO.O=C(O)OO.[Ti]. The van der Waals surface area contributed by atoms with Crippen LogP contribution in [0.2, 0.25) is 0 Å². The Hall–Kier alpha value is -0.826. The molecule has 0 heterocycles. The summed E-state index contributed by atoms with van der Waals surface area (Å²) in [6.07, 6.45) is -3.38. The van der Waals surface area contributed by atoms with Gasteiger partial charge < -0.3 is 10.2 Å². The van der Waals surface area contributed by atoms with Gasteiger partial charge in [-0.2, -0.15) is 10.5 Å². The van der Waals surface area contributed by atoms with Crippen molar-refractivity contribution < 1.29 is 61.8 Å². The normalized spacial score (nSPS) is 6.00. The fourth-order valence-corrected chi connectivity index (χ4v) is 0. The Bertz CT molecular complexity index is 96.7. The molecular formula is C2H4O8Ti. The van der Waals surface area contributed by atoms with Crippen molar-refractivity contribution in [1.29, 1.82) is 0 Å². The molecule has 0 aliphatic rings. The van der Waals surface area contributed by atoms with Crippen molar-refractivity contribution in [2.75, 3.05) is 0 Å². The van der Waals surface area contributed by atoms with Gasteiger partial charge >= 0.3 is 12.3 Å². The summed E-state index contributed by atoms with van der Waals surface area (Å²) in [5.41, 5.74) is 0. The minimum atomic E-state index is -1.69. The van der Waals surface area contributed by atoms with Gasteiger partial charge in [0.1, 0.15) is 0 Å². The minimum Gasteiger partial charge on any atom is -0.448 e. The van der Waals surface area contributed by atoms with Crippen LogP contribution in [-0.2, 0) is 31.5 Å². The minimum absolute atomic E-state index is 0. The van der Waals surface area contributed by atoms with Gasteiger partial charge in [0, 0.05) is 21.7 Å². The molecule has 0 radical (unpaired) electrons. The zero-order chi connectivity index (χ0) is 8.57. The number of carboxylic acid groups (broad SMARTS) is 2. The zero-order valence-electron chi connectivity index (χ0n) is 4.92. The molecule has 0 saturated carbocycles. The van der Waals surface area contributed by atoms with Crippen LogP contribution in [0.15, 0.2) is 0 Å². The first-order valence-electron chi connectivity index (χ1n) is 1.63. The molecule has 0 aromatic rings. The van der Waals surface area contributed by atoms with Crippen LogP contribution in [0.1, 0.15) is 0 Å². The molecular weight excluding hydrogens is 200 g/mol. The van der Waals surface area contributed by atoms with Gasteiger partial charge in [-0.3, -0.25) is 9.78 Å². The predicted octanol–water partition coefficient (Wildman–Crippen LogP) is 0.305. The number of hydrogen-bond acceptors (Lipinski definition) is 6. The van der Waals surface area contributed by atoms with Gasteiger partial charge in [0.05, 0.1) is 0 Å².